The van der Waals surface area contributed by atoms with Gasteiger partial charge in [-0.05, 0) is 125 Å². The fraction of sp³-hybridized carbons (Fsp3) is 0.588. The van der Waals surface area contributed by atoms with Crippen LogP contribution in [-0.4, -0.2) is 40.5 Å². The number of aromatic nitrogens is 3. The summed E-state index contributed by atoms with van der Waals surface area (Å²) in [6.07, 6.45) is 12.3. The molecule has 1 aromatic carbocycles. The molecule has 8 rings (SSSR count). The fourth-order valence-electron chi connectivity index (χ4n) is 7.71. The van der Waals surface area contributed by atoms with E-state index >= 15 is 0 Å². The highest BCUT2D eigenvalue weighted by atomic mass is 16.6. The molecule has 0 radical (unpaired) electrons. The third kappa shape index (κ3) is 5.64. The van der Waals surface area contributed by atoms with E-state index in [1.54, 1.807) is 0 Å². The van der Waals surface area contributed by atoms with Crippen LogP contribution < -0.4 is 15.2 Å². The van der Waals surface area contributed by atoms with Crippen molar-refractivity contribution >= 4 is 6.09 Å². The van der Waals surface area contributed by atoms with Crippen LogP contribution in [0.1, 0.15) is 113 Å². The molecule has 2 bridgehead atoms. The summed E-state index contributed by atoms with van der Waals surface area (Å²) in [6.45, 7) is 5.51. The van der Waals surface area contributed by atoms with Crippen molar-refractivity contribution in [3.05, 3.63) is 53.3 Å². The summed E-state index contributed by atoms with van der Waals surface area (Å²) in [6, 6.07) is 8.28. The number of ether oxygens (including phenoxy) is 3. The zero-order chi connectivity index (χ0) is 29.6. The maximum absolute atomic E-state index is 12.1. The first-order valence-corrected chi connectivity index (χ1v) is 16.0. The number of benzene rings is 1. The molecular formula is C34H42N4O5. The lowest BCUT2D eigenvalue weighted by atomic mass is 9.52. The van der Waals surface area contributed by atoms with Gasteiger partial charge in [0.2, 0.25) is 11.8 Å². The highest BCUT2D eigenvalue weighted by molar-refractivity contribution is 5.76. The number of nitrogens with two attached hydrogens (primary N) is 1. The summed E-state index contributed by atoms with van der Waals surface area (Å²) in [5.74, 6) is 3.69. The van der Waals surface area contributed by atoms with Gasteiger partial charge in [-0.1, -0.05) is 17.3 Å². The van der Waals surface area contributed by atoms with Crippen molar-refractivity contribution in [1.82, 2.24) is 15.1 Å². The number of primary amides is 1. The summed E-state index contributed by atoms with van der Waals surface area (Å²) in [7, 11) is 0. The van der Waals surface area contributed by atoms with Gasteiger partial charge < -0.3 is 24.5 Å². The number of nitrogens with zero attached hydrogens (tertiary/aromatic N) is 3. The van der Waals surface area contributed by atoms with Crippen LogP contribution in [0.4, 0.5) is 4.79 Å². The van der Waals surface area contributed by atoms with E-state index in [2.05, 4.69) is 17.3 Å². The fourth-order valence-corrected chi connectivity index (χ4v) is 7.71. The molecule has 3 aromatic rings. The predicted octanol–water partition coefficient (Wildman–Crippen LogP) is 6.98. The zero-order valence-corrected chi connectivity index (χ0v) is 25.3. The van der Waals surface area contributed by atoms with Crippen molar-refractivity contribution in [1.29, 1.82) is 0 Å². The Bertz CT molecular complexity index is 1450. The molecule has 5 fully saturated rings. The van der Waals surface area contributed by atoms with Crippen molar-refractivity contribution in [3.8, 4) is 22.8 Å². The van der Waals surface area contributed by atoms with Crippen LogP contribution in [0.25, 0.3) is 11.1 Å². The number of hydrogen-bond donors (Lipinski definition) is 1. The van der Waals surface area contributed by atoms with Crippen LogP contribution in [0, 0.1) is 5.41 Å². The van der Waals surface area contributed by atoms with E-state index in [0.29, 0.717) is 17.7 Å². The van der Waals surface area contributed by atoms with Crippen LogP contribution in [0.5, 0.6) is 11.6 Å². The van der Waals surface area contributed by atoms with E-state index in [1.807, 2.05) is 32.2 Å². The van der Waals surface area contributed by atoms with Crippen molar-refractivity contribution in [2.24, 2.45) is 11.1 Å². The topological polar surface area (TPSA) is 123 Å². The molecule has 4 saturated carbocycles. The molecule has 1 amide bonds. The van der Waals surface area contributed by atoms with Crippen molar-refractivity contribution in [2.45, 2.75) is 108 Å². The molecule has 228 valence electrons. The van der Waals surface area contributed by atoms with Crippen molar-refractivity contribution in [3.63, 3.8) is 0 Å². The maximum atomic E-state index is 12.1. The average Bonchev–Trinajstić information content (AvgIpc) is 3.74. The number of carbonyl (C=O) groups is 1. The Morgan fingerprint density at radius 1 is 1.00 bits per heavy atom. The molecule has 9 heteroatoms. The molecule has 2 aromatic heterocycles. The molecule has 1 aliphatic heterocycles. The number of rotatable bonds is 9. The smallest absolute Gasteiger partial charge is 0.411 e. The number of hydrogen-bond acceptors (Lipinski definition) is 8. The molecule has 9 nitrogen and oxygen atoms in total. The van der Waals surface area contributed by atoms with Crippen LogP contribution in [0.2, 0.25) is 0 Å². The SMILES string of the molecule is CC(C)Oc1ccc(-c2c(C3CCOCC3)cnc(OC(N)=O)c2CC23CCC(c4nc(C5CC5)no4)(CC2)CC3)cc1. The lowest BCUT2D eigenvalue weighted by Gasteiger charge is -2.52. The van der Waals surface area contributed by atoms with Gasteiger partial charge in [-0.15, -0.1) is 0 Å². The minimum atomic E-state index is -0.842. The van der Waals surface area contributed by atoms with Crippen molar-refractivity contribution in [2.75, 3.05) is 13.2 Å². The van der Waals surface area contributed by atoms with Gasteiger partial charge in [0.05, 0.1) is 6.10 Å². The Morgan fingerprint density at radius 3 is 2.33 bits per heavy atom. The summed E-state index contributed by atoms with van der Waals surface area (Å²) >= 11 is 0. The van der Waals surface area contributed by atoms with Crippen LogP contribution in [0.15, 0.2) is 35.0 Å². The van der Waals surface area contributed by atoms with Gasteiger partial charge >= 0.3 is 6.09 Å². The molecule has 3 heterocycles. The largest absolute Gasteiger partial charge is 0.491 e. The molecule has 0 atom stereocenters. The predicted molar refractivity (Wildman–Crippen MR) is 160 cm³/mol. The zero-order valence-electron chi connectivity index (χ0n) is 25.3. The number of amides is 1. The van der Waals surface area contributed by atoms with Gasteiger partial charge in [-0.2, -0.15) is 4.98 Å². The summed E-state index contributed by atoms with van der Waals surface area (Å²) in [5.41, 5.74) is 9.97. The summed E-state index contributed by atoms with van der Waals surface area (Å²) < 4.78 is 23.2. The van der Waals surface area contributed by atoms with Gasteiger partial charge in [-0.25, -0.2) is 9.78 Å². The minimum absolute atomic E-state index is 0.0221. The first kappa shape index (κ1) is 28.3. The van der Waals surface area contributed by atoms with Crippen LogP contribution in [-0.2, 0) is 16.6 Å². The van der Waals surface area contributed by atoms with E-state index < -0.39 is 6.09 Å². The van der Waals surface area contributed by atoms with Crippen LogP contribution in [0.3, 0.4) is 0 Å². The monoisotopic (exact) mass is 586 g/mol. The lowest BCUT2D eigenvalue weighted by molar-refractivity contribution is 0.0227. The second-order valence-corrected chi connectivity index (χ2v) is 13.6. The minimum Gasteiger partial charge on any atom is -0.491 e. The highest BCUT2D eigenvalue weighted by Crippen LogP contribution is 2.60. The first-order valence-electron chi connectivity index (χ1n) is 16.0. The third-order valence-corrected chi connectivity index (χ3v) is 10.3. The van der Waals surface area contributed by atoms with Gasteiger partial charge in [0, 0.05) is 36.3 Å². The average molecular weight is 587 g/mol. The third-order valence-electron chi connectivity index (χ3n) is 10.3. The quantitative estimate of drug-likeness (QED) is 0.285. The second-order valence-electron chi connectivity index (χ2n) is 13.6. The Morgan fingerprint density at radius 2 is 1.70 bits per heavy atom. The lowest BCUT2D eigenvalue weighted by Crippen LogP contribution is -2.45. The Balaban J connectivity index is 1.25. The van der Waals surface area contributed by atoms with Gasteiger partial charge in [-0.3, -0.25) is 0 Å². The highest BCUT2D eigenvalue weighted by Gasteiger charge is 2.53. The van der Waals surface area contributed by atoms with Crippen LogP contribution >= 0.6 is 0 Å². The first-order chi connectivity index (χ1) is 20.8. The van der Waals surface area contributed by atoms with Gasteiger partial charge in [0.1, 0.15) is 5.75 Å². The van der Waals surface area contributed by atoms with Gasteiger partial charge in [0.25, 0.3) is 0 Å². The molecule has 0 unspecified atom stereocenters. The van der Waals surface area contributed by atoms with E-state index in [4.69, 9.17) is 34.4 Å². The summed E-state index contributed by atoms with van der Waals surface area (Å²) in [5, 5.41) is 4.34. The van der Waals surface area contributed by atoms with E-state index in [-0.39, 0.29) is 16.9 Å². The summed E-state index contributed by atoms with van der Waals surface area (Å²) in [4.78, 5) is 21.7. The van der Waals surface area contributed by atoms with E-state index in [0.717, 1.165) is 105 Å². The molecule has 5 aliphatic rings. The normalized spacial score (nSPS) is 25.7. The number of pyridine rings is 1. The molecule has 1 saturated heterocycles. The molecular weight excluding hydrogens is 544 g/mol. The molecule has 0 spiro atoms. The Kier molecular flexibility index (Phi) is 7.40. The standard InChI is InChI=1S/C34H42N4O5/c1-21(2)41-25-7-5-23(6-8-25)28-26(30(42-32(35)39)36-20-27(28)22-9-17-40-18-10-22)19-33-11-14-34(15-12-33,16-13-33)31-37-29(38-43-31)24-3-4-24/h5-8,20-22,24H,3-4,9-19H2,1-2H3,(H2,35,39). The Labute approximate surface area is 252 Å². The van der Waals surface area contributed by atoms with Gasteiger partial charge in [0.15, 0.2) is 5.82 Å². The molecule has 43 heavy (non-hydrogen) atoms. The van der Waals surface area contributed by atoms with E-state index in [1.165, 1.54) is 18.4 Å². The molecule has 2 N–H and O–H groups in total. The number of fused-ring (bicyclic) bond motifs is 3. The maximum Gasteiger partial charge on any atom is 0.411 e. The van der Waals surface area contributed by atoms with Crippen molar-refractivity contribution < 1.29 is 23.5 Å². The van der Waals surface area contributed by atoms with E-state index in [9.17, 15) is 4.79 Å². The number of carbonyl (C=O) groups excluding carboxylic acids is 1. The molecule has 4 aliphatic carbocycles. The second kappa shape index (κ2) is 11.2. The Hall–Kier alpha value is -3.46.